The smallest absolute Gasteiger partial charge is 0.314 e. The van der Waals surface area contributed by atoms with Crippen molar-refractivity contribution < 1.29 is 9.59 Å². The molecular formula is C9H17N3O2. The molecule has 0 aromatic heterocycles. The maximum atomic E-state index is 11.6. The van der Waals surface area contributed by atoms with E-state index in [0.717, 1.165) is 12.8 Å². The molecule has 1 aliphatic heterocycles. The van der Waals surface area contributed by atoms with Crippen molar-refractivity contribution in [1.29, 1.82) is 0 Å². The fraction of sp³-hybridized carbons (Fsp3) is 0.778. The molecule has 0 radical (unpaired) electrons. The van der Waals surface area contributed by atoms with E-state index in [4.69, 9.17) is 5.73 Å². The monoisotopic (exact) mass is 199 g/mol. The highest BCUT2D eigenvalue weighted by molar-refractivity contribution is 5.80. The minimum Gasteiger partial charge on any atom is -0.351 e. The van der Waals surface area contributed by atoms with Crippen LogP contribution in [-0.4, -0.2) is 48.9 Å². The predicted molar refractivity (Wildman–Crippen MR) is 52.6 cm³/mol. The maximum absolute atomic E-state index is 11.6. The van der Waals surface area contributed by atoms with Crippen molar-refractivity contribution in [2.24, 2.45) is 11.7 Å². The Balaban J connectivity index is 2.56. The van der Waals surface area contributed by atoms with Gasteiger partial charge >= 0.3 is 6.03 Å². The van der Waals surface area contributed by atoms with Crippen molar-refractivity contribution >= 4 is 11.9 Å². The average Bonchev–Trinajstić information content (AvgIpc) is 2.16. The van der Waals surface area contributed by atoms with E-state index in [-0.39, 0.29) is 11.8 Å². The normalized spacial score (nSPS) is 21.9. The predicted octanol–water partition coefficient (Wildman–Crippen LogP) is -0.135. The molecule has 5 nitrogen and oxygen atoms in total. The van der Waals surface area contributed by atoms with Crippen LogP contribution in [0.2, 0.25) is 0 Å². The lowest BCUT2D eigenvalue weighted by Crippen LogP contribution is -2.47. The van der Waals surface area contributed by atoms with Crippen LogP contribution in [-0.2, 0) is 4.79 Å². The maximum Gasteiger partial charge on any atom is 0.314 e. The lowest BCUT2D eigenvalue weighted by Gasteiger charge is -2.31. The van der Waals surface area contributed by atoms with Crippen molar-refractivity contribution in [3.63, 3.8) is 0 Å². The molecule has 1 saturated heterocycles. The van der Waals surface area contributed by atoms with E-state index < -0.39 is 6.03 Å². The number of piperidine rings is 1. The molecule has 1 heterocycles. The van der Waals surface area contributed by atoms with Crippen molar-refractivity contribution in [1.82, 2.24) is 9.80 Å². The second kappa shape index (κ2) is 4.30. The summed E-state index contributed by atoms with van der Waals surface area (Å²) >= 11 is 0. The first-order valence-electron chi connectivity index (χ1n) is 4.78. The van der Waals surface area contributed by atoms with E-state index in [1.807, 2.05) is 0 Å². The molecule has 0 bridgehead atoms. The lowest BCUT2D eigenvalue weighted by molar-refractivity contribution is -0.134. The first-order valence-corrected chi connectivity index (χ1v) is 4.78. The van der Waals surface area contributed by atoms with Gasteiger partial charge in [0.1, 0.15) is 0 Å². The SMILES string of the molecule is CN(C)C(=O)C1CCCN(C(N)=O)C1. The minimum atomic E-state index is -0.429. The van der Waals surface area contributed by atoms with Gasteiger partial charge < -0.3 is 15.5 Å². The van der Waals surface area contributed by atoms with Crippen LogP contribution in [0.3, 0.4) is 0 Å². The molecule has 0 aromatic rings. The summed E-state index contributed by atoms with van der Waals surface area (Å²) in [7, 11) is 3.46. The molecule has 3 amide bonds. The van der Waals surface area contributed by atoms with Crippen molar-refractivity contribution in [3.05, 3.63) is 0 Å². The van der Waals surface area contributed by atoms with Crippen LogP contribution >= 0.6 is 0 Å². The Morgan fingerprint density at radius 1 is 1.43 bits per heavy atom. The van der Waals surface area contributed by atoms with Crippen LogP contribution in [0.4, 0.5) is 4.79 Å². The van der Waals surface area contributed by atoms with Gasteiger partial charge in [-0.05, 0) is 12.8 Å². The number of primary amides is 1. The van der Waals surface area contributed by atoms with Crippen LogP contribution in [0.15, 0.2) is 0 Å². The second-order valence-electron chi connectivity index (χ2n) is 3.86. The molecule has 1 rings (SSSR count). The minimum absolute atomic E-state index is 0.0775. The van der Waals surface area contributed by atoms with Crippen molar-refractivity contribution in [2.75, 3.05) is 27.2 Å². The zero-order valence-electron chi connectivity index (χ0n) is 8.69. The van der Waals surface area contributed by atoms with Gasteiger partial charge in [0.2, 0.25) is 5.91 Å². The van der Waals surface area contributed by atoms with Gasteiger partial charge in [-0.1, -0.05) is 0 Å². The Labute approximate surface area is 83.8 Å². The Kier molecular flexibility index (Phi) is 3.33. The molecule has 0 saturated carbocycles. The number of amides is 3. The van der Waals surface area contributed by atoms with Crippen molar-refractivity contribution in [3.8, 4) is 0 Å². The third-order valence-corrected chi connectivity index (χ3v) is 2.52. The van der Waals surface area contributed by atoms with Gasteiger partial charge in [-0.3, -0.25) is 4.79 Å². The summed E-state index contributed by atoms with van der Waals surface area (Å²) in [5, 5.41) is 0. The zero-order valence-corrected chi connectivity index (χ0v) is 8.69. The van der Waals surface area contributed by atoms with Crippen LogP contribution in [0.25, 0.3) is 0 Å². The highest BCUT2D eigenvalue weighted by Gasteiger charge is 2.28. The molecule has 80 valence electrons. The summed E-state index contributed by atoms with van der Waals surface area (Å²) in [4.78, 5) is 25.6. The standard InChI is InChI=1S/C9H17N3O2/c1-11(2)8(13)7-4-3-5-12(6-7)9(10)14/h7H,3-6H2,1-2H3,(H2,10,14). The fourth-order valence-electron chi connectivity index (χ4n) is 1.74. The topological polar surface area (TPSA) is 66.6 Å². The Bertz CT molecular complexity index is 240. The van der Waals surface area contributed by atoms with Crippen LogP contribution in [0, 0.1) is 5.92 Å². The highest BCUT2D eigenvalue weighted by Crippen LogP contribution is 2.17. The van der Waals surface area contributed by atoms with E-state index >= 15 is 0 Å². The van der Waals surface area contributed by atoms with Gasteiger partial charge in [0, 0.05) is 27.2 Å². The van der Waals surface area contributed by atoms with Gasteiger partial charge in [0.05, 0.1) is 5.92 Å². The molecule has 1 atom stereocenters. The summed E-state index contributed by atoms with van der Waals surface area (Å²) in [5.41, 5.74) is 5.17. The number of rotatable bonds is 1. The molecule has 0 spiro atoms. The molecule has 1 aliphatic rings. The number of likely N-dealkylation sites (tertiary alicyclic amines) is 1. The number of hydrogen-bond donors (Lipinski definition) is 1. The quantitative estimate of drug-likeness (QED) is 0.639. The summed E-state index contributed by atoms with van der Waals surface area (Å²) < 4.78 is 0. The fourth-order valence-corrected chi connectivity index (χ4v) is 1.74. The van der Waals surface area contributed by atoms with Crippen LogP contribution in [0.5, 0.6) is 0 Å². The largest absolute Gasteiger partial charge is 0.351 e. The number of nitrogens with two attached hydrogens (primary N) is 1. The first-order chi connectivity index (χ1) is 6.52. The third kappa shape index (κ3) is 2.37. The van der Waals surface area contributed by atoms with Gasteiger partial charge in [-0.25, -0.2) is 4.79 Å². The summed E-state index contributed by atoms with van der Waals surface area (Å²) in [5.74, 6) is 0.00204. The third-order valence-electron chi connectivity index (χ3n) is 2.52. The Morgan fingerprint density at radius 3 is 2.57 bits per heavy atom. The average molecular weight is 199 g/mol. The molecule has 0 aliphatic carbocycles. The molecule has 0 aromatic carbocycles. The Morgan fingerprint density at radius 2 is 2.07 bits per heavy atom. The zero-order chi connectivity index (χ0) is 10.7. The summed E-state index contributed by atoms with van der Waals surface area (Å²) in [6.07, 6.45) is 1.70. The van der Waals surface area contributed by atoms with Gasteiger partial charge in [0.15, 0.2) is 0 Å². The molecule has 1 unspecified atom stereocenters. The number of hydrogen-bond acceptors (Lipinski definition) is 2. The number of urea groups is 1. The van der Waals surface area contributed by atoms with E-state index in [2.05, 4.69) is 0 Å². The number of carbonyl (C=O) groups is 2. The first kappa shape index (κ1) is 10.8. The lowest BCUT2D eigenvalue weighted by atomic mass is 9.97. The van der Waals surface area contributed by atoms with E-state index in [9.17, 15) is 9.59 Å². The number of carbonyl (C=O) groups excluding carboxylic acids is 2. The van der Waals surface area contributed by atoms with Gasteiger partial charge in [-0.2, -0.15) is 0 Å². The molecule has 1 fully saturated rings. The summed E-state index contributed by atoms with van der Waals surface area (Å²) in [6.45, 7) is 1.14. The van der Waals surface area contributed by atoms with Gasteiger partial charge in [0.25, 0.3) is 0 Å². The molecule has 14 heavy (non-hydrogen) atoms. The number of nitrogens with zero attached hydrogens (tertiary/aromatic N) is 2. The highest BCUT2D eigenvalue weighted by atomic mass is 16.2. The van der Waals surface area contributed by atoms with Crippen molar-refractivity contribution in [2.45, 2.75) is 12.8 Å². The summed E-state index contributed by atoms with van der Waals surface area (Å²) in [6, 6.07) is -0.429. The van der Waals surface area contributed by atoms with E-state index in [0.29, 0.717) is 13.1 Å². The van der Waals surface area contributed by atoms with Gasteiger partial charge in [-0.15, -0.1) is 0 Å². The Hall–Kier alpha value is -1.26. The molecule has 5 heteroatoms. The molecular weight excluding hydrogens is 182 g/mol. The van der Waals surface area contributed by atoms with Crippen LogP contribution in [0.1, 0.15) is 12.8 Å². The second-order valence-corrected chi connectivity index (χ2v) is 3.86. The van der Waals surface area contributed by atoms with E-state index in [1.165, 1.54) is 4.90 Å². The molecule has 2 N–H and O–H groups in total. The van der Waals surface area contributed by atoms with E-state index in [1.54, 1.807) is 19.0 Å². The van der Waals surface area contributed by atoms with Crippen LogP contribution < -0.4 is 5.73 Å².